The van der Waals surface area contributed by atoms with E-state index < -0.39 is 5.41 Å². The van der Waals surface area contributed by atoms with E-state index in [9.17, 15) is 4.79 Å². The molecule has 0 saturated heterocycles. The highest BCUT2D eigenvalue weighted by atomic mass is 16.5. The molecule has 0 amide bonds. The number of ether oxygens (including phenoxy) is 1. The monoisotopic (exact) mass is 445 g/mol. The van der Waals surface area contributed by atoms with Gasteiger partial charge in [-0.15, -0.1) is 0 Å². The summed E-state index contributed by atoms with van der Waals surface area (Å²) in [5, 5.41) is 3.32. The van der Waals surface area contributed by atoms with E-state index in [1.807, 2.05) is 51.1 Å². The number of nitrogens with one attached hydrogen (secondary N) is 1. The van der Waals surface area contributed by atoms with Gasteiger partial charge < -0.3 is 10.1 Å². The largest absolute Gasteiger partial charge is 0.497 e. The Balaban J connectivity index is 1.60. The number of hydrogen-bond acceptors (Lipinski definition) is 7. The Bertz CT molecular complexity index is 1110. The molecule has 172 valence electrons. The molecular weight excluding hydrogens is 414 g/mol. The summed E-state index contributed by atoms with van der Waals surface area (Å²) in [6.07, 6.45) is 2.56. The number of benzene rings is 1. The molecule has 4 rings (SSSR count). The molecule has 33 heavy (non-hydrogen) atoms. The van der Waals surface area contributed by atoms with Crippen LogP contribution >= 0.6 is 0 Å². The smallest absolute Gasteiger partial charge is 0.180 e. The maximum Gasteiger partial charge on any atom is 0.180 e. The number of rotatable bonds is 7. The minimum atomic E-state index is -0.412. The Morgan fingerprint density at radius 3 is 2.58 bits per heavy atom. The molecule has 7 heteroatoms. The number of pyridine rings is 1. The lowest BCUT2D eigenvalue weighted by Crippen LogP contribution is -2.33. The molecule has 0 radical (unpaired) electrons. The molecule has 7 nitrogen and oxygen atoms in total. The quantitative estimate of drug-likeness (QED) is 0.586. The van der Waals surface area contributed by atoms with Crippen LogP contribution in [0.4, 0.5) is 5.82 Å². The number of nitrogens with zero attached hydrogens (tertiary/aromatic N) is 4. The number of aromatic nitrogens is 3. The third kappa shape index (κ3) is 5.54. The second kappa shape index (κ2) is 9.67. The number of hydrogen-bond donors (Lipinski definition) is 1. The number of methoxy groups -OCH3 is 1. The van der Waals surface area contributed by atoms with Gasteiger partial charge in [0.25, 0.3) is 0 Å². The number of carbonyl (C=O) groups is 1. The van der Waals surface area contributed by atoms with Crippen LogP contribution in [-0.2, 0) is 24.3 Å². The lowest BCUT2D eigenvalue weighted by molar-refractivity contribution is -0.124. The molecule has 1 N–H and O–H groups in total. The van der Waals surface area contributed by atoms with Gasteiger partial charge in [-0.1, -0.05) is 39.0 Å². The van der Waals surface area contributed by atoms with Crippen molar-refractivity contribution in [3.05, 3.63) is 65.5 Å². The fourth-order valence-electron chi connectivity index (χ4n) is 3.78. The molecule has 0 saturated carbocycles. The van der Waals surface area contributed by atoms with E-state index >= 15 is 0 Å². The summed E-state index contributed by atoms with van der Waals surface area (Å²) in [6.45, 7) is 8.47. The zero-order chi connectivity index (χ0) is 23.4. The summed E-state index contributed by atoms with van der Waals surface area (Å²) in [4.78, 5) is 29.0. The van der Waals surface area contributed by atoms with Gasteiger partial charge in [-0.2, -0.15) is 0 Å². The summed E-state index contributed by atoms with van der Waals surface area (Å²) in [6, 6.07) is 13.9. The standard InChI is InChI=1S/C26H31N5O2/c1-26(2,3)23(32)15-28-24-20-17-31(16-18-8-10-19(33-4)11-9-18)14-12-21(20)29-25(30-24)22-7-5-6-13-27-22/h5-11,13H,12,14-17H2,1-4H3,(H,28,29,30). The van der Waals surface area contributed by atoms with Crippen molar-refractivity contribution in [2.24, 2.45) is 5.41 Å². The highest BCUT2D eigenvalue weighted by molar-refractivity contribution is 5.87. The van der Waals surface area contributed by atoms with Crippen molar-refractivity contribution < 1.29 is 9.53 Å². The van der Waals surface area contributed by atoms with E-state index in [1.165, 1.54) is 5.56 Å². The first-order valence-corrected chi connectivity index (χ1v) is 11.3. The van der Waals surface area contributed by atoms with Gasteiger partial charge in [0.15, 0.2) is 11.6 Å². The van der Waals surface area contributed by atoms with Gasteiger partial charge >= 0.3 is 0 Å². The molecular formula is C26H31N5O2. The second-order valence-corrected chi connectivity index (χ2v) is 9.37. The van der Waals surface area contributed by atoms with Gasteiger partial charge in [0.2, 0.25) is 0 Å². The summed E-state index contributed by atoms with van der Waals surface area (Å²) in [5.74, 6) is 2.30. The molecule has 0 spiro atoms. The van der Waals surface area contributed by atoms with E-state index in [2.05, 4.69) is 27.3 Å². The van der Waals surface area contributed by atoms with Crippen LogP contribution < -0.4 is 10.1 Å². The molecule has 0 unspecified atom stereocenters. The summed E-state index contributed by atoms with van der Waals surface area (Å²) in [7, 11) is 1.68. The summed E-state index contributed by atoms with van der Waals surface area (Å²) >= 11 is 0. The van der Waals surface area contributed by atoms with Crippen molar-refractivity contribution in [2.75, 3.05) is 25.5 Å². The van der Waals surface area contributed by atoms with Crippen molar-refractivity contribution in [3.63, 3.8) is 0 Å². The summed E-state index contributed by atoms with van der Waals surface area (Å²) in [5.41, 5.74) is 3.61. The van der Waals surface area contributed by atoms with Crippen LogP contribution in [0.2, 0.25) is 0 Å². The molecule has 0 fully saturated rings. The van der Waals surface area contributed by atoms with E-state index in [0.29, 0.717) is 5.82 Å². The van der Waals surface area contributed by atoms with Crippen molar-refractivity contribution in [3.8, 4) is 17.3 Å². The fraction of sp³-hybridized carbons (Fsp3) is 0.385. The van der Waals surface area contributed by atoms with E-state index in [0.717, 1.165) is 54.6 Å². The molecule has 3 heterocycles. The Hall–Kier alpha value is -3.32. The van der Waals surface area contributed by atoms with Crippen molar-refractivity contribution in [2.45, 2.75) is 40.3 Å². The number of anilines is 1. The number of Topliss-reactive ketones (excluding diaryl/α,β-unsaturated/α-hetero) is 1. The van der Waals surface area contributed by atoms with Gasteiger partial charge in [0.05, 0.1) is 19.3 Å². The van der Waals surface area contributed by atoms with Crippen LogP contribution in [0.3, 0.4) is 0 Å². The normalized spacial score (nSPS) is 13.9. The van der Waals surface area contributed by atoms with Gasteiger partial charge in [-0.3, -0.25) is 14.7 Å². The Labute approximate surface area is 195 Å². The van der Waals surface area contributed by atoms with E-state index in [4.69, 9.17) is 14.7 Å². The minimum Gasteiger partial charge on any atom is -0.497 e. The van der Waals surface area contributed by atoms with Crippen LogP contribution in [0.15, 0.2) is 48.7 Å². The molecule has 0 aliphatic carbocycles. The molecule has 1 aliphatic rings. The van der Waals surface area contributed by atoms with Crippen LogP contribution in [0, 0.1) is 5.41 Å². The Kier molecular flexibility index (Phi) is 6.70. The lowest BCUT2D eigenvalue weighted by Gasteiger charge is -2.30. The maximum absolute atomic E-state index is 12.6. The van der Waals surface area contributed by atoms with Crippen molar-refractivity contribution >= 4 is 11.6 Å². The van der Waals surface area contributed by atoms with Crippen LogP contribution in [0.5, 0.6) is 5.75 Å². The van der Waals surface area contributed by atoms with Crippen LogP contribution in [0.25, 0.3) is 11.5 Å². The average molecular weight is 446 g/mol. The highest BCUT2D eigenvalue weighted by Crippen LogP contribution is 2.28. The van der Waals surface area contributed by atoms with E-state index in [1.54, 1.807) is 13.3 Å². The van der Waals surface area contributed by atoms with Crippen molar-refractivity contribution in [1.82, 2.24) is 19.9 Å². The molecule has 1 aliphatic heterocycles. The van der Waals surface area contributed by atoms with Crippen molar-refractivity contribution in [1.29, 1.82) is 0 Å². The maximum atomic E-state index is 12.6. The third-order valence-electron chi connectivity index (χ3n) is 5.85. The predicted molar refractivity (Wildman–Crippen MR) is 129 cm³/mol. The first kappa shape index (κ1) is 22.9. The molecule has 3 aromatic rings. The molecule has 2 aromatic heterocycles. The molecule has 1 aromatic carbocycles. The molecule has 0 bridgehead atoms. The van der Waals surface area contributed by atoms with Crippen LogP contribution in [0.1, 0.15) is 37.6 Å². The zero-order valence-corrected chi connectivity index (χ0v) is 19.8. The van der Waals surface area contributed by atoms with Crippen LogP contribution in [-0.4, -0.2) is 45.8 Å². The topological polar surface area (TPSA) is 80.2 Å². The minimum absolute atomic E-state index is 0.139. The second-order valence-electron chi connectivity index (χ2n) is 9.37. The SMILES string of the molecule is COc1ccc(CN2CCc3nc(-c4ccccn4)nc(NCC(=O)C(C)(C)C)c3C2)cc1. The first-order chi connectivity index (χ1) is 15.8. The Morgan fingerprint density at radius 2 is 1.91 bits per heavy atom. The first-order valence-electron chi connectivity index (χ1n) is 11.3. The Morgan fingerprint density at radius 1 is 1.12 bits per heavy atom. The van der Waals surface area contributed by atoms with Gasteiger partial charge in [0.1, 0.15) is 17.3 Å². The molecule has 0 atom stereocenters. The van der Waals surface area contributed by atoms with E-state index in [-0.39, 0.29) is 12.3 Å². The fourth-order valence-corrected chi connectivity index (χ4v) is 3.78. The van der Waals surface area contributed by atoms with Gasteiger partial charge in [-0.05, 0) is 29.8 Å². The number of fused-ring (bicyclic) bond motifs is 1. The van der Waals surface area contributed by atoms with Gasteiger partial charge in [-0.25, -0.2) is 9.97 Å². The number of ketones is 1. The predicted octanol–water partition coefficient (Wildman–Crippen LogP) is 4.13. The lowest BCUT2D eigenvalue weighted by atomic mass is 9.91. The summed E-state index contributed by atoms with van der Waals surface area (Å²) < 4.78 is 5.27. The third-order valence-corrected chi connectivity index (χ3v) is 5.85. The number of carbonyl (C=O) groups excluding carboxylic acids is 1. The van der Waals surface area contributed by atoms with Gasteiger partial charge in [0, 0.05) is 43.2 Å². The average Bonchev–Trinajstić information content (AvgIpc) is 2.82. The zero-order valence-electron chi connectivity index (χ0n) is 19.8. The highest BCUT2D eigenvalue weighted by Gasteiger charge is 2.25.